The summed E-state index contributed by atoms with van der Waals surface area (Å²) in [6.45, 7) is 7.73. The highest BCUT2D eigenvalue weighted by atomic mass is 79.9. The van der Waals surface area contributed by atoms with Crippen molar-refractivity contribution in [2.75, 3.05) is 38.3 Å². The molecular weight excluding hydrogens is 551 g/mol. The number of halogens is 1. The minimum atomic E-state index is -2.25. The number of likely N-dealkylation sites (N-methyl/N-ethyl adjacent to an activating group) is 1. The molecule has 2 aliphatic heterocycles. The van der Waals surface area contributed by atoms with Crippen LogP contribution >= 0.6 is 23.1 Å². The molecule has 0 N–H and O–H groups in total. The summed E-state index contributed by atoms with van der Waals surface area (Å²) in [6.07, 6.45) is 6.02. The molecule has 0 radical (unpaired) electrons. The number of ether oxygens (including phenoxy) is 1. The maximum absolute atomic E-state index is 11.4. The zero-order valence-electron chi connectivity index (χ0n) is 21.9. The highest BCUT2D eigenvalue weighted by Crippen LogP contribution is 2.67. The molecule has 2 fully saturated rings. The average molecular weight is 587 g/mol. The predicted octanol–water partition coefficient (Wildman–Crippen LogP) is 8.04. The number of para-hydroxylation sites is 1. The second-order valence-electron chi connectivity index (χ2n) is 10.8. The molecule has 5 rings (SSSR count). The lowest BCUT2D eigenvalue weighted by Crippen LogP contribution is -2.37. The first-order chi connectivity index (χ1) is 17.7. The number of benzene rings is 2. The van der Waals surface area contributed by atoms with E-state index >= 15 is 0 Å². The number of morpholine rings is 1. The van der Waals surface area contributed by atoms with Crippen LogP contribution in [0.25, 0.3) is 0 Å². The van der Waals surface area contributed by atoms with Crippen LogP contribution in [0, 0.1) is 10.1 Å². The molecule has 1 unspecified atom stereocenters. The minimum absolute atomic E-state index is 0.0734. The lowest BCUT2D eigenvalue weighted by atomic mass is 9.84. The predicted molar refractivity (Wildman–Crippen MR) is 155 cm³/mol. The van der Waals surface area contributed by atoms with E-state index in [4.69, 9.17) is 9.48 Å². The molecule has 0 spiro atoms. The summed E-state index contributed by atoms with van der Waals surface area (Å²) in [5.74, 6) is 2.54. The standard InChI is InChI=1S/C28H36BrN4O3P/c1-28(2)23-11-7-8-12-26(23)31(3)27(28)20-37(22-9-5-4-6-10-22,32-15-17-36-18-16-32)30-25-14-13-21(33(34)35)19-24(25)29/h7-8,11-14,19-20,22H,4-6,9-10,15-18H2,1-3H3/b27-20+. The van der Waals surface area contributed by atoms with Crippen LogP contribution in [0.4, 0.5) is 17.1 Å². The van der Waals surface area contributed by atoms with Gasteiger partial charge in [-0.3, -0.25) is 14.8 Å². The molecule has 198 valence electrons. The Kier molecular flexibility index (Phi) is 7.65. The van der Waals surface area contributed by atoms with Gasteiger partial charge in [0.2, 0.25) is 0 Å². The van der Waals surface area contributed by atoms with Crippen molar-refractivity contribution in [1.29, 1.82) is 0 Å². The van der Waals surface area contributed by atoms with Gasteiger partial charge in [0.25, 0.3) is 5.69 Å². The van der Waals surface area contributed by atoms with Crippen LogP contribution in [0.2, 0.25) is 0 Å². The topological polar surface area (TPSA) is 71.2 Å². The molecule has 1 saturated carbocycles. The average Bonchev–Trinajstić information content (AvgIpc) is 3.10. The van der Waals surface area contributed by atoms with Crippen LogP contribution < -0.4 is 4.90 Å². The summed E-state index contributed by atoms with van der Waals surface area (Å²) < 4.78 is 14.8. The van der Waals surface area contributed by atoms with Crippen molar-refractivity contribution in [3.05, 3.63) is 74.1 Å². The van der Waals surface area contributed by atoms with Crippen LogP contribution in [-0.2, 0) is 10.2 Å². The maximum atomic E-state index is 11.4. The quantitative estimate of drug-likeness (QED) is 0.201. The second-order valence-corrected chi connectivity index (χ2v) is 14.8. The molecular formula is C28H36BrN4O3P. The Labute approximate surface area is 228 Å². The first-order valence-corrected chi connectivity index (χ1v) is 15.8. The molecule has 0 bridgehead atoms. The fraction of sp³-hybridized carbons (Fsp3) is 0.500. The minimum Gasteiger partial charge on any atom is -0.379 e. The van der Waals surface area contributed by atoms with Crippen molar-refractivity contribution in [3.8, 4) is 0 Å². The number of rotatable bonds is 5. The number of nitro groups is 1. The van der Waals surface area contributed by atoms with Gasteiger partial charge in [0.1, 0.15) is 0 Å². The second kappa shape index (κ2) is 10.6. The Morgan fingerprint density at radius 2 is 1.84 bits per heavy atom. The van der Waals surface area contributed by atoms with Crippen molar-refractivity contribution in [1.82, 2.24) is 4.67 Å². The molecule has 1 atom stereocenters. The molecule has 9 heteroatoms. The third-order valence-electron chi connectivity index (χ3n) is 8.22. The van der Waals surface area contributed by atoms with Gasteiger partial charge < -0.3 is 9.64 Å². The molecule has 2 heterocycles. The van der Waals surface area contributed by atoms with Crippen molar-refractivity contribution in [2.45, 2.75) is 57.0 Å². The molecule has 1 saturated heterocycles. The zero-order valence-corrected chi connectivity index (χ0v) is 24.4. The van der Waals surface area contributed by atoms with Crippen LogP contribution in [0.3, 0.4) is 0 Å². The van der Waals surface area contributed by atoms with E-state index < -0.39 is 7.21 Å². The van der Waals surface area contributed by atoms with Crippen molar-refractivity contribution in [2.24, 2.45) is 4.74 Å². The number of nitrogens with zero attached hydrogens (tertiary/aromatic N) is 4. The van der Waals surface area contributed by atoms with Crippen molar-refractivity contribution in [3.63, 3.8) is 0 Å². The van der Waals surface area contributed by atoms with Gasteiger partial charge >= 0.3 is 0 Å². The van der Waals surface area contributed by atoms with E-state index in [1.54, 1.807) is 12.1 Å². The molecule has 0 aromatic heterocycles. The van der Waals surface area contributed by atoms with Crippen LogP contribution in [0.5, 0.6) is 0 Å². The third kappa shape index (κ3) is 4.94. The van der Waals surface area contributed by atoms with Gasteiger partial charge in [-0.25, -0.2) is 4.74 Å². The molecule has 7 nitrogen and oxygen atoms in total. The zero-order chi connectivity index (χ0) is 26.2. The number of fused-ring (bicyclic) bond motifs is 1. The van der Waals surface area contributed by atoms with Gasteiger partial charge in [0, 0.05) is 59.2 Å². The Morgan fingerprint density at radius 1 is 1.14 bits per heavy atom. The number of nitro benzene ring substituents is 1. The molecule has 0 amide bonds. The van der Waals surface area contributed by atoms with Gasteiger partial charge in [0.05, 0.1) is 31.0 Å². The van der Waals surface area contributed by atoms with E-state index in [9.17, 15) is 10.1 Å². The molecule has 37 heavy (non-hydrogen) atoms. The largest absolute Gasteiger partial charge is 0.379 e. The number of hydrogen-bond donors (Lipinski definition) is 0. The highest BCUT2D eigenvalue weighted by Gasteiger charge is 2.43. The fourth-order valence-corrected chi connectivity index (χ4v) is 11.3. The SMILES string of the molecule is CN1/C(=C/P(=Nc2ccc([N+](=O)[O-])cc2Br)(C2CCCCC2)N2CCOCC2)C(C)(C)c2ccccc21. The van der Waals surface area contributed by atoms with E-state index in [0.717, 1.165) is 31.6 Å². The summed E-state index contributed by atoms with van der Waals surface area (Å²) in [5.41, 5.74) is 5.04. The van der Waals surface area contributed by atoms with E-state index in [0.29, 0.717) is 23.3 Å². The first kappa shape index (κ1) is 26.6. The van der Waals surface area contributed by atoms with Crippen molar-refractivity contribution >= 4 is 40.2 Å². The number of hydrogen-bond acceptors (Lipinski definition) is 5. The monoisotopic (exact) mass is 586 g/mol. The molecule has 1 aliphatic carbocycles. The smallest absolute Gasteiger partial charge is 0.270 e. The summed E-state index contributed by atoms with van der Waals surface area (Å²) in [7, 11) is -0.0782. The fourth-order valence-electron chi connectivity index (χ4n) is 6.20. The van der Waals surface area contributed by atoms with E-state index in [1.807, 2.05) is 6.07 Å². The number of allylic oxidation sites excluding steroid dienone is 1. The maximum Gasteiger partial charge on any atom is 0.270 e. The van der Waals surface area contributed by atoms with Gasteiger partial charge in [-0.15, -0.1) is 0 Å². The van der Waals surface area contributed by atoms with Crippen LogP contribution in [0.15, 0.2) is 63.2 Å². The Bertz CT molecular complexity index is 1240. The Morgan fingerprint density at radius 3 is 2.49 bits per heavy atom. The van der Waals surface area contributed by atoms with Gasteiger partial charge in [-0.2, -0.15) is 0 Å². The normalized spacial score (nSPS) is 23.0. The van der Waals surface area contributed by atoms with Crippen LogP contribution in [0.1, 0.15) is 51.5 Å². The van der Waals surface area contributed by atoms with Gasteiger partial charge in [-0.05, 0) is 52.3 Å². The summed E-state index contributed by atoms with van der Waals surface area (Å²) in [5, 5.41) is 11.4. The van der Waals surface area contributed by atoms with E-state index in [-0.39, 0.29) is 16.0 Å². The Balaban J connectivity index is 1.76. The van der Waals surface area contributed by atoms with E-state index in [1.165, 1.54) is 36.2 Å². The van der Waals surface area contributed by atoms with E-state index in [2.05, 4.69) is 76.5 Å². The van der Waals surface area contributed by atoms with Crippen LogP contribution in [-0.4, -0.2) is 48.6 Å². The molecule has 2 aromatic rings. The number of non-ortho nitro benzene ring substituents is 1. The summed E-state index contributed by atoms with van der Waals surface area (Å²) >= 11 is 3.63. The lowest BCUT2D eigenvalue weighted by Gasteiger charge is -2.44. The van der Waals surface area contributed by atoms with Crippen molar-refractivity contribution < 1.29 is 9.66 Å². The highest BCUT2D eigenvalue weighted by molar-refractivity contribution is 9.10. The first-order valence-electron chi connectivity index (χ1n) is 13.2. The lowest BCUT2D eigenvalue weighted by molar-refractivity contribution is -0.384. The van der Waals surface area contributed by atoms with Gasteiger partial charge in [0.15, 0.2) is 0 Å². The summed E-state index contributed by atoms with van der Waals surface area (Å²) in [6, 6.07) is 13.7. The summed E-state index contributed by atoms with van der Waals surface area (Å²) in [4.78, 5) is 13.4. The molecule has 2 aromatic carbocycles. The molecule has 3 aliphatic rings. The Hall–Kier alpha value is -1.99. The number of anilines is 1. The third-order valence-corrected chi connectivity index (χ3v) is 12.9. The van der Waals surface area contributed by atoms with Gasteiger partial charge in [-0.1, -0.05) is 51.3 Å².